The van der Waals surface area contributed by atoms with Gasteiger partial charge in [0.05, 0.1) is 11.1 Å². The first-order chi connectivity index (χ1) is 9.88. The van der Waals surface area contributed by atoms with E-state index < -0.39 is 17.7 Å². The van der Waals surface area contributed by atoms with Crippen molar-refractivity contribution in [1.29, 1.82) is 0 Å². The number of ether oxygens (including phenoxy) is 1. The van der Waals surface area contributed by atoms with Crippen LogP contribution < -0.4 is 5.32 Å². The number of halogens is 3. The van der Waals surface area contributed by atoms with E-state index in [1.807, 2.05) is 0 Å². The Morgan fingerprint density at radius 2 is 2.00 bits per heavy atom. The third kappa shape index (κ3) is 4.10. The highest BCUT2D eigenvalue weighted by atomic mass is 19.4. The third-order valence-electron chi connectivity index (χ3n) is 3.50. The van der Waals surface area contributed by atoms with Crippen LogP contribution in [0.1, 0.15) is 28.8 Å². The fraction of sp³-hybridized carbons (Fsp3) is 0.500. The summed E-state index contributed by atoms with van der Waals surface area (Å²) < 4.78 is 43.1. The minimum atomic E-state index is -4.55. The molecule has 4 nitrogen and oxygen atoms in total. The predicted molar refractivity (Wildman–Crippen MR) is 70.4 cm³/mol. The molecule has 1 aliphatic rings. The molecule has 0 bridgehead atoms. The lowest BCUT2D eigenvalue weighted by Gasteiger charge is -2.23. The molecule has 1 aliphatic heterocycles. The summed E-state index contributed by atoms with van der Waals surface area (Å²) in [5, 5.41) is 12.0. The number of anilines is 1. The van der Waals surface area contributed by atoms with Gasteiger partial charge in [-0.2, -0.15) is 13.2 Å². The molecule has 0 aromatic heterocycles. The normalized spacial score (nSPS) is 16.7. The lowest BCUT2D eigenvalue weighted by molar-refractivity contribution is -0.137. The Labute approximate surface area is 119 Å². The van der Waals surface area contributed by atoms with Crippen LogP contribution in [0.15, 0.2) is 18.2 Å². The van der Waals surface area contributed by atoms with E-state index in [0.717, 1.165) is 18.9 Å². The van der Waals surface area contributed by atoms with Crippen LogP contribution in [0.25, 0.3) is 0 Å². The van der Waals surface area contributed by atoms with Crippen molar-refractivity contribution in [2.45, 2.75) is 19.0 Å². The third-order valence-corrected chi connectivity index (χ3v) is 3.50. The monoisotopic (exact) mass is 303 g/mol. The van der Waals surface area contributed by atoms with E-state index in [1.165, 1.54) is 6.07 Å². The van der Waals surface area contributed by atoms with Gasteiger partial charge in [0, 0.05) is 25.4 Å². The fourth-order valence-electron chi connectivity index (χ4n) is 2.26. The average Bonchev–Trinajstić information content (AvgIpc) is 2.45. The molecule has 1 aromatic carbocycles. The molecule has 1 saturated heterocycles. The fourth-order valence-corrected chi connectivity index (χ4v) is 2.26. The first-order valence-corrected chi connectivity index (χ1v) is 6.64. The van der Waals surface area contributed by atoms with Gasteiger partial charge in [0.1, 0.15) is 0 Å². The van der Waals surface area contributed by atoms with Gasteiger partial charge in [-0.1, -0.05) is 0 Å². The van der Waals surface area contributed by atoms with Crippen molar-refractivity contribution in [3.05, 3.63) is 29.3 Å². The van der Waals surface area contributed by atoms with Crippen LogP contribution in [0.4, 0.5) is 18.9 Å². The number of alkyl halides is 3. The van der Waals surface area contributed by atoms with Crippen molar-refractivity contribution >= 4 is 11.7 Å². The van der Waals surface area contributed by atoms with Gasteiger partial charge in [0.25, 0.3) is 0 Å². The number of aromatic carboxylic acids is 1. The Bertz CT molecular complexity index is 511. The number of hydrogen-bond donors (Lipinski definition) is 2. The molecule has 0 aliphatic carbocycles. The van der Waals surface area contributed by atoms with Crippen LogP contribution in [0.5, 0.6) is 0 Å². The van der Waals surface area contributed by atoms with Gasteiger partial charge < -0.3 is 15.2 Å². The number of hydrogen-bond acceptors (Lipinski definition) is 3. The van der Waals surface area contributed by atoms with Crippen molar-refractivity contribution in [3.8, 4) is 0 Å². The smallest absolute Gasteiger partial charge is 0.416 e. The van der Waals surface area contributed by atoms with Crippen molar-refractivity contribution in [1.82, 2.24) is 0 Å². The summed E-state index contributed by atoms with van der Waals surface area (Å²) in [5.41, 5.74) is -1.12. The van der Waals surface area contributed by atoms with Crippen LogP contribution >= 0.6 is 0 Å². The molecule has 2 rings (SSSR count). The topological polar surface area (TPSA) is 58.6 Å². The number of nitrogens with one attached hydrogen (secondary N) is 1. The molecule has 0 saturated carbocycles. The van der Waals surface area contributed by atoms with Gasteiger partial charge >= 0.3 is 12.1 Å². The Morgan fingerprint density at radius 1 is 1.33 bits per heavy atom. The van der Waals surface area contributed by atoms with Gasteiger partial charge in [0.2, 0.25) is 0 Å². The maximum atomic E-state index is 12.6. The average molecular weight is 303 g/mol. The van der Waals surface area contributed by atoms with Crippen LogP contribution in [-0.2, 0) is 10.9 Å². The maximum Gasteiger partial charge on any atom is 0.416 e. The lowest BCUT2D eigenvalue weighted by Crippen LogP contribution is -2.23. The van der Waals surface area contributed by atoms with E-state index >= 15 is 0 Å². The number of rotatable bonds is 4. The zero-order valence-corrected chi connectivity index (χ0v) is 11.2. The Morgan fingerprint density at radius 3 is 2.57 bits per heavy atom. The molecule has 1 fully saturated rings. The van der Waals surface area contributed by atoms with E-state index in [-0.39, 0.29) is 11.3 Å². The van der Waals surface area contributed by atoms with Gasteiger partial charge in [0.15, 0.2) is 0 Å². The summed E-state index contributed by atoms with van der Waals surface area (Å²) in [6.07, 6.45) is -2.84. The van der Waals surface area contributed by atoms with E-state index in [2.05, 4.69) is 5.32 Å². The molecule has 2 N–H and O–H groups in total. The Kier molecular flexibility index (Phi) is 4.72. The summed E-state index contributed by atoms with van der Waals surface area (Å²) >= 11 is 0. The molecule has 116 valence electrons. The van der Waals surface area contributed by atoms with E-state index in [0.29, 0.717) is 31.7 Å². The van der Waals surface area contributed by atoms with E-state index in [9.17, 15) is 18.0 Å². The highest BCUT2D eigenvalue weighted by molar-refractivity contribution is 5.94. The molecule has 0 spiro atoms. The molecule has 0 radical (unpaired) electrons. The Hall–Kier alpha value is -1.76. The summed E-state index contributed by atoms with van der Waals surface area (Å²) in [4.78, 5) is 11.1. The molecule has 1 aromatic rings. The maximum absolute atomic E-state index is 12.6. The second-order valence-corrected chi connectivity index (χ2v) is 5.00. The van der Waals surface area contributed by atoms with Crippen LogP contribution in [0, 0.1) is 5.92 Å². The minimum absolute atomic E-state index is 0.210. The van der Waals surface area contributed by atoms with Crippen LogP contribution in [0.2, 0.25) is 0 Å². The number of carboxylic acids is 1. The molecule has 21 heavy (non-hydrogen) atoms. The second kappa shape index (κ2) is 6.34. The highest BCUT2D eigenvalue weighted by Crippen LogP contribution is 2.32. The lowest BCUT2D eigenvalue weighted by atomic mass is 10.00. The summed E-state index contributed by atoms with van der Waals surface area (Å²) in [6, 6.07) is 2.72. The zero-order valence-electron chi connectivity index (χ0n) is 11.2. The summed E-state index contributed by atoms with van der Waals surface area (Å²) in [5.74, 6) is -1.04. The van der Waals surface area contributed by atoms with Crippen LogP contribution in [-0.4, -0.2) is 30.8 Å². The van der Waals surface area contributed by atoms with Gasteiger partial charge in [-0.05, 0) is 37.0 Å². The largest absolute Gasteiger partial charge is 0.478 e. The van der Waals surface area contributed by atoms with Gasteiger partial charge in [-0.15, -0.1) is 0 Å². The minimum Gasteiger partial charge on any atom is -0.478 e. The molecular formula is C14H16F3NO3. The first kappa shape index (κ1) is 15.6. The molecule has 7 heteroatoms. The number of benzene rings is 1. The molecule has 0 unspecified atom stereocenters. The molecular weight excluding hydrogens is 287 g/mol. The van der Waals surface area contributed by atoms with E-state index in [4.69, 9.17) is 9.84 Å². The highest BCUT2D eigenvalue weighted by Gasteiger charge is 2.31. The second-order valence-electron chi connectivity index (χ2n) is 5.00. The van der Waals surface area contributed by atoms with Crippen molar-refractivity contribution in [2.24, 2.45) is 5.92 Å². The quantitative estimate of drug-likeness (QED) is 0.896. The zero-order chi connectivity index (χ0) is 15.5. The number of carbonyl (C=O) groups is 1. The SMILES string of the molecule is O=C(O)c1cc(C(F)(F)F)ccc1NCC1CCOCC1. The first-order valence-electron chi connectivity index (χ1n) is 6.64. The van der Waals surface area contributed by atoms with Gasteiger partial charge in [-0.3, -0.25) is 0 Å². The van der Waals surface area contributed by atoms with Crippen molar-refractivity contribution < 1.29 is 27.8 Å². The molecule has 0 amide bonds. The van der Waals surface area contributed by atoms with Gasteiger partial charge in [-0.25, -0.2) is 4.79 Å². The molecule has 0 atom stereocenters. The van der Waals surface area contributed by atoms with Crippen molar-refractivity contribution in [3.63, 3.8) is 0 Å². The number of carboxylic acid groups (broad SMARTS) is 1. The van der Waals surface area contributed by atoms with E-state index in [1.54, 1.807) is 0 Å². The molecule has 1 heterocycles. The summed E-state index contributed by atoms with van der Waals surface area (Å²) in [6.45, 7) is 1.84. The van der Waals surface area contributed by atoms with Crippen LogP contribution in [0.3, 0.4) is 0 Å². The summed E-state index contributed by atoms with van der Waals surface area (Å²) in [7, 11) is 0. The Balaban J connectivity index is 2.12. The predicted octanol–water partition coefficient (Wildman–Crippen LogP) is 3.24. The standard InChI is InChI=1S/C14H16F3NO3/c15-14(16,17)10-1-2-12(11(7-10)13(19)20)18-8-9-3-5-21-6-4-9/h1-2,7,9,18H,3-6,8H2,(H,19,20). The van der Waals surface area contributed by atoms with Crippen molar-refractivity contribution in [2.75, 3.05) is 25.1 Å².